The number of carbonyl (C=O) groups excluding carboxylic acids is 2. The molecular formula is C10H16O4. The number of ether oxygens (including phenoxy) is 2. The average molecular weight is 200 g/mol. The van der Waals surface area contributed by atoms with Crippen LogP contribution in [0.25, 0.3) is 0 Å². The molecule has 0 unspecified atom stereocenters. The maximum Gasteiger partial charge on any atom is 0.322 e. The number of ketones is 1. The highest BCUT2D eigenvalue weighted by molar-refractivity contribution is 6.03. The van der Waals surface area contributed by atoms with Crippen LogP contribution >= 0.6 is 0 Å². The third-order valence-electron chi connectivity index (χ3n) is 3.03. The first kappa shape index (κ1) is 11.2. The number of rotatable bonds is 3. The first-order valence-electron chi connectivity index (χ1n) is 4.78. The van der Waals surface area contributed by atoms with E-state index in [4.69, 9.17) is 9.47 Å². The zero-order valence-electron chi connectivity index (χ0n) is 8.99. The van der Waals surface area contributed by atoms with E-state index in [2.05, 4.69) is 0 Å². The molecule has 0 aliphatic carbocycles. The topological polar surface area (TPSA) is 52.6 Å². The summed E-state index contributed by atoms with van der Waals surface area (Å²) in [5, 5.41) is 0. The van der Waals surface area contributed by atoms with Gasteiger partial charge in [-0.3, -0.25) is 9.59 Å². The van der Waals surface area contributed by atoms with E-state index in [0.29, 0.717) is 6.61 Å². The summed E-state index contributed by atoms with van der Waals surface area (Å²) in [7, 11) is 0. The first-order valence-corrected chi connectivity index (χ1v) is 4.78. The van der Waals surface area contributed by atoms with Crippen molar-refractivity contribution in [1.29, 1.82) is 0 Å². The van der Waals surface area contributed by atoms with Crippen LogP contribution in [0.2, 0.25) is 0 Å². The van der Waals surface area contributed by atoms with Gasteiger partial charge in [-0.1, -0.05) is 6.92 Å². The third-order valence-corrected chi connectivity index (χ3v) is 3.03. The van der Waals surface area contributed by atoms with Gasteiger partial charge in [0.15, 0.2) is 0 Å². The lowest BCUT2D eigenvalue weighted by atomic mass is 9.77. The fourth-order valence-electron chi connectivity index (χ4n) is 1.59. The molecule has 80 valence electrons. The highest BCUT2D eigenvalue weighted by atomic mass is 16.7. The van der Waals surface area contributed by atoms with Gasteiger partial charge in [0.2, 0.25) is 6.29 Å². The normalized spacial score (nSPS) is 37.0. The van der Waals surface area contributed by atoms with Gasteiger partial charge >= 0.3 is 5.97 Å². The van der Waals surface area contributed by atoms with E-state index < -0.39 is 17.7 Å². The second-order valence-electron chi connectivity index (χ2n) is 3.78. The number of Topliss-reactive ketones (excluding diaryl/α,β-unsaturated/α-hetero) is 1. The largest absolute Gasteiger partial charge is 0.435 e. The zero-order valence-corrected chi connectivity index (χ0v) is 8.99. The molecule has 0 aromatic heterocycles. The molecule has 1 fully saturated rings. The maximum atomic E-state index is 11.5. The van der Waals surface area contributed by atoms with E-state index in [1.54, 1.807) is 13.8 Å². The van der Waals surface area contributed by atoms with Crippen LogP contribution in [0.5, 0.6) is 0 Å². The number of carbonyl (C=O) groups is 2. The molecule has 1 saturated heterocycles. The molecule has 3 atom stereocenters. The fourth-order valence-corrected chi connectivity index (χ4v) is 1.59. The molecule has 1 aliphatic rings. The molecule has 1 heterocycles. The molecule has 4 heteroatoms. The van der Waals surface area contributed by atoms with E-state index in [9.17, 15) is 9.59 Å². The first-order chi connectivity index (χ1) is 6.44. The Morgan fingerprint density at radius 3 is 2.57 bits per heavy atom. The molecule has 0 bridgehead atoms. The van der Waals surface area contributed by atoms with Crippen molar-refractivity contribution in [2.75, 3.05) is 6.61 Å². The lowest BCUT2D eigenvalue weighted by Gasteiger charge is -2.22. The molecule has 1 aliphatic heterocycles. The Morgan fingerprint density at radius 1 is 1.64 bits per heavy atom. The van der Waals surface area contributed by atoms with Crippen LogP contribution < -0.4 is 0 Å². The quantitative estimate of drug-likeness (QED) is 0.506. The minimum atomic E-state index is -1.04. The molecule has 4 nitrogen and oxygen atoms in total. The molecule has 0 saturated carbocycles. The molecule has 0 spiro atoms. The Kier molecular flexibility index (Phi) is 2.95. The predicted molar refractivity (Wildman–Crippen MR) is 49.5 cm³/mol. The van der Waals surface area contributed by atoms with Gasteiger partial charge in [-0.2, -0.15) is 0 Å². The number of esters is 1. The van der Waals surface area contributed by atoms with Gasteiger partial charge in [-0.05, 0) is 20.8 Å². The smallest absolute Gasteiger partial charge is 0.322 e. The van der Waals surface area contributed by atoms with Gasteiger partial charge in [-0.15, -0.1) is 0 Å². The minimum absolute atomic E-state index is 0.169. The molecule has 0 radical (unpaired) electrons. The Morgan fingerprint density at radius 2 is 2.21 bits per heavy atom. The summed E-state index contributed by atoms with van der Waals surface area (Å²) in [5.41, 5.74) is -1.04. The van der Waals surface area contributed by atoms with E-state index >= 15 is 0 Å². The van der Waals surface area contributed by atoms with E-state index in [1.807, 2.05) is 6.92 Å². The molecule has 0 aromatic carbocycles. The molecular weight excluding hydrogens is 184 g/mol. The van der Waals surface area contributed by atoms with E-state index in [0.717, 1.165) is 0 Å². The van der Waals surface area contributed by atoms with Crippen LogP contribution in [0, 0.1) is 11.3 Å². The van der Waals surface area contributed by atoms with Gasteiger partial charge in [0.1, 0.15) is 11.2 Å². The van der Waals surface area contributed by atoms with Gasteiger partial charge in [0, 0.05) is 12.5 Å². The van der Waals surface area contributed by atoms with E-state index in [-0.39, 0.29) is 11.7 Å². The monoisotopic (exact) mass is 200 g/mol. The van der Waals surface area contributed by atoms with Crippen molar-refractivity contribution in [3.05, 3.63) is 0 Å². The van der Waals surface area contributed by atoms with Crippen molar-refractivity contribution in [2.24, 2.45) is 11.3 Å². The van der Waals surface area contributed by atoms with Crippen molar-refractivity contribution in [3.8, 4) is 0 Å². The van der Waals surface area contributed by atoms with Gasteiger partial charge in [0.05, 0.1) is 0 Å². The Hall–Kier alpha value is -0.900. The maximum absolute atomic E-state index is 11.5. The standard InChI is InChI=1S/C10H16O4/c1-5-13-8-6(2)10(4,7(3)11)9(12)14-8/h6,8H,5H2,1-4H3/t6-,8+,10+/m0/s1. The number of hydrogen-bond donors (Lipinski definition) is 0. The SMILES string of the molecule is CCO[C@@H]1OC(=O)[C@@](C)(C(C)=O)[C@H]1C. The van der Waals surface area contributed by atoms with Crippen LogP contribution in [-0.2, 0) is 19.1 Å². The highest BCUT2D eigenvalue weighted by Crippen LogP contribution is 2.40. The van der Waals surface area contributed by atoms with Crippen LogP contribution in [0.4, 0.5) is 0 Å². The third kappa shape index (κ3) is 1.43. The summed E-state index contributed by atoms with van der Waals surface area (Å²) in [4.78, 5) is 22.9. The second-order valence-corrected chi connectivity index (χ2v) is 3.78. The number of cyclic esters (lactones) is 1. The molecule has 1 rings (SSSR count). The molecule has 0 amide bonds. The van der Waals surface area contributed by atoms with Crippen molar-refractivity contribution >= 4 is 11.8 Å². The van der Waals surface area contributed by atoms with Gasteiger partial charge in [-0.25, -0.2) is 0 Å². The summed E-state index contributed by atoms with van der Waals surface area (Å²) in [6, 6.07) is 0. The summed E-state index contributed by atoms with van der Waals surface area (Å²) in [5.74, 6) is -0.874. The molecule has 0 N–H and O–H groups in total. The summed E-state index contributed by atoms with van der Waals surface area (Å²) in [6.45, 7) is 7.11. The van der Waals surface area contributed by atoms with E-state index in [1.165, 1.54) is 6.92 Å². The number of hydrogen-bond acceptors (Lipinski definition) is 4. The highest BCUT2D eigenvalue weighted by Gasteiger charge is 2.55. The molecule has 0 aromatic rings. The minimum Gasteiger partial charge on any atom is -0.435 e. The lowest BCUT2D eigenvalue weighted by molar-refractivity contribution is -0.166. The Bertz CT molecular complexity index is 261. The van der Waals surface area contributed by atoms with Crippen LogP contribution in [0.1, 0.15) is 27.7 Å². The summed E-state index contributed by atoms with van der Waals surface area (Å²) >= 11 is 0. The van der Waals surface area contributed by atoms with Crippen LogP contribution in [0.3, 0.4) is 0 Å². The lowest BCUT2D eigenvalue weighted by Crippen LogP contribution is -2.37. The predicted octanol–water partition coefficient (Wildman–Crippen LogP) is 1.14. The van der Waals surface area contributed by atoms with Crippen molar-refractivity contribution in [1.82, 2.24) is 0 Å². The van der Waals surface area contributed by atoms with Crippen molar-refractivity contribution < 1.29 is 19.1 Å². The van der Waals surface area contributed by atoms with Crippen molar-refractivity contribution in [2.45, 2.75) is 34.0 Å². The summed E-state index contributed by atoms with van der Waals surface area (Å²) in [6.07, 6.45) is -0.582. The van der Waals surface area contributed by atoms with Crippen LogP contribution in [-0.4, -0.2) is 24.6 Å². The van der Waals surface area contributed by atoms with Crippen molar-refractivity contribution in [3.63, 3.8) is 0 Å². The Balaban J connectivity index is 2.90. The van der Waals surface area contributed by atoms with Crippen LogP contribution in [0.15, 0.2) is 0 Å². The average Bonchev–Trinajstić information content (AvgIpc) is 2.32. The fraction of sp³-hybridized carbons (Fsp3) is 0.800. The molecule has 14 heavy (non-hydrogen) atoms. The van der Waals surface area contributed by atoms with Gasteiger partial charge in [0.25, 0.3) is 0 Å². The zero-order chi connectivity index (χ0) is 10.9. The second kappa shape index (κ2) is 3.69. The van der Waals surface area contributed by atoms with Gasteiger partial charge < -0.3 is 9.47 Å². The Labute approximate surface area is 83.6 Å². The summed E-state index contributed by atoms with van der Waals surface area (Å²) < 4.78 is 10.2.